The summed E-state index contributed by atoms with van der Waals surface area (Å²) in [5.74, 6) is 0.387. The summed E-state index contributed by atoms with van der Waals surface area (Å²) in [6.45, 7) is 0. The first-order chi connectivity index (χ1) is 13.6. The molecule has 4 rings (SSSR count). The van der Waals surface area contributed by atoms with E-state index in [1.54, 1.807) is 67.1 Å². The van der Waals surface area contributed by atoms with E-state index in [-0.39, 0.29) is 11.5 Å². The van der Waals surface area contributed by atoms with Gasteiger partial charge in [-0.25, -0.2) is 4.79 Å². The van der Waals surface area contributed by atoms with Crippen molar-refractivity contribution in [3.63, 3.8) is 0 Å². The summed E-state index contributed by atoms with van der Waals surface area (Å²) in [7, 11) is 0. The number of hydrogen-bond donors (Lipinski definition) is 1. The molecule has 2 heterocycles. The predicted octanol–water partition coefficient (Wildman–Crippen LogP) is 4.98. The van der Waals surface area contributed by atoms with Crippen molar-refractivity contribution in [1.82, 2.24) is 9.55 Å². The third-order valence-corrected chi connectivity index (χ3v) is 4.49. The molecule has 0 aliphatic carbocycles. The number of nitrogens with zero attached hydrogens (tertiary/aromatic N) is 1. The van der Waals surface area contributed by atoms with Crippen LogP contribution in [0.3, 0.4) is 0 Å². The number of H-pyrrole nitrogens is 1. The van der Waals surface area contributed by atoms with Crippen LogP contribution < -0.4 is 5.69 Å². The molecule has 0 unspecified atom stereocenters. The Labute approximate surface area is 165 Å². The fourth-order valence-corrected chi connectivity index (χ4v) is 3.00. The maximum atomic E-state index is 12.6. The van der Waals surface area contributed by atoms with Crippen LogP contribution in [0.4, 0.5) is 0 Å². The molecule has 0 aliphatic heterocycles. The van der Waals surface area contributed by atoms with Gasteiger partial charge in [0.2, 0.25) is 0 Å². The maximum absolute atomic E-state index is 12.6. The van der Waals surface area contributed by atoms with E-state index in [4.69, 9.17) is 16.0 Å². The fourth-order valence-electron chi connectivity index (χ4n) is 2.87. The lowest BCUT2D eigenvalue weighted by molar-refractivity contribution is 0.104. The Balaban J connectivity index is 1.66. The van der Waals surface area contributed by atoms with Gasteiger partial charge in [0.25, 0.3) is 0 Å². The highest BCUT2D eigenvalue weighted by molar-refractivity contribution is 6.30. The van der Waals surface area contributed by atoms with E-state index in [9.17, 15) is 9.59 Å². The van der Waals surface area contributed by atoms with Gasteiger partial charge in [-0.3, -0.25) is 9.36 Å². The van der Waals surface area contributed by atoms with Crippen LogP contribution in [-0.4, -0.2) is 15.3 Å². The molecule has 0 saturated heterocycles. The standard InChI is InChI=1S/C22H15ClN2O3/c23-17-9-6-15(7-10-17)8-11-20(26)16-3-1-4-18(13-16)25-19(14-24-22(25)27)21-5-2-12-28-21/h1-14H,(H,24,27). The topological polar surface area (TPSA) is 68.0 Å². The second-order valence-corrected chi connectivity index (χ2v) is 6.53. The largest absolute Gasteiger partial charge is 0.463 e. The average Bonchev–Trinajstić information content (AvgIpc) is 3.37. The predicted molar refractivity (Wildman–Crippen MR) is 109 cm³/mol. The molecule has 0 amide bonds. The number of aromatic amines is 1. The van der Waals surface area contributed by atoms with Crippen LogP contribution in [0.5, 0.6) is 0 Å². The highest BCUT2D eigenvalue weighted by Crippen LogP contribution is 2.22. The van der Waals surface area contributed by atoms with Crippen LogP contribution >= 0.6 is 11.6 Å². The Morgan fingerprint density at radius 2 is 1.89 bits per heavy atom. The van der Waals surface area contributed by atoms with Crippen LogP contribution in [0.2, 0.25) is 5.02 Å². The molecular formula is C22H15ClN2O3. The number of allylic oxidation sites excluding steroid dienone is 1. The molecule has 0 atom stereocenters. The number of nitrogens with one attached hydrogen (secondary N) is 1. The first-order valence-corrected chi connectivity index (χ1v) is 8.92. The molecule has 28 heavy (non-hydrogen) atoms. The van der Waals surface area contributed by atoms with Gasteiger partial charge >= 0.3 is 5.69 Å². The minimum absolute atomic E-state index is 0.167. The number of furan rings is 1. The third-order valence-electron chi connectivity index (χ3n) is 4.24. The fraction of sp³-hybridized carbons (Fsp3) is 0. The van der Waals surface area contributed by atoms with Crippen molar-refractivity contribution >= 4 is 23.5 Å². The number of hydrogen-bond acceptors (Lipinski definition) is 3. The molecule has 2 aromatic heterocycles. The smallest absolute Gasteiger partial charge is 0.330 e. The minimum atomic E-state index is -0.312. The highest BCUT2D eigenvalue weighted by atomic mass is 35.5. The maximum Gasteiger partial charge on any atom is 0.330 e. The molecule has 4 aromatic rings. The van der Waals surface area contributed by atoms with Gasteiger partial charge < -0.3 is 9.40 Å². The van der Waals surface area contributed by atoms with Crippen LogP contribution in [0.1, 0.15) is 15.9 Å². The van der Waals surface area contributed by atoms with Crippen molar-refractivity contribution in [3.8, 4) is 17.1 Å². The molecule has 138 valence electrons. The number of aromatic nitrogens is 2. The normalized spacial score (nSPS) is 11.2. The van der Waals surface area contributed by atoms with E-state index < -0.39 is 0 Å². The molecule has 1 N–H and O–H groups in total. The number of carbonyl (C=O) groups is 1. The number of halogens is 1. The zero-order valence-corrected chi connectivity index (χ0v) is 15.4. The van der Waals surface area contributed by atoms with Crippen molar-refractivity contribution < 1.29 is 9.21 Å². The molecular weight excluding hydrogens is 376 g/mol. The van der Waals surface area contributed by atoms with E-state index in [2.05, 4.69) is 4.98 Å². The molecule has 6 heteroatoms. The van der Waals surface area contributed by atoms with E-state index in [1.165, 1.54) is 10.6 Å². The lowest BCUT2D eigenvalue weighted by atomic mass is 10.1. The molecule has 5 nitrogen and oxygen atoms in total. The average molecular weight is 391 g/mol. The number of carbonyl (C=O) groups excluding carboxylic acids is 1. The lowest BCUT2D eigenvalue weighted by Gasteiger charge is -2.07. The van der Waals surface area contributed by atoms with Gasteiger partial charge in [0, 0.05) is 16.8 Å². The van der Waals surface area contributed by atoms with Gasteiger partial charge in [-0.05, 0) is 48.0 Å². The summed E-state index contributed by atoms with van der Waals surface area (Å²) in [5, 5.41) is 0.639. The Morgan fingerprint density at radius 1 is 1.07 bits per heavy atom. The zero-order chi connectivity index (χ0) is 19.5. The monoisotopic (exact) mass is 390 g/mol. The summed E-state index contributed by atoms with van der Waals surface area (Å²) in [6.07, 6.45) is 6.34. The molecule has 0 saturated carbocycles. The van der Waals surface area contributed by atoms with Gasteiger partial charge in [-0.15, -0.1) is 0 Å². The molecule has 0 radical (unpaired) electrons. The van der Waals surface area contributed by atoms with Gasteiger partial charge in [-0.1, -0.05) is 41.9 Å². The molecule has 0 spiro atoms. The summed E-state index contributed by atoms with van der Waals surface area (Å²) < 4.78 is 6.87. The van der Waals surface area contributed by atoms with E-state index in [0.717, 1.165) is 5.56 Å². The molecule has 0 bridgehead atoms. The van der Waals surface area contributed by atoms with Crippen LogP contribution in [-0.2, 0) is 0 Å². The van der Waals surface area contributed by atoms with E-state index in [0.29, 0.717) is 27.7 Å². The van der Waals surface area contributed by atoms with Gasteiger partial charge in [-0.2, -0.15) is 0 Å². The first-order valence-electron chi connectivity index (χ1n) is 8.54. The molecule has 2 aromatic carbocycles. The van der Waals surface area contributed by atoms with Crippen LogP contribution in [0.15, 0.2) is 88.4 Å². The van der Waals surface area contributed by atoms with Crippen molar-refractivity contribution in [2.75, 3.05) is 0 Å². The van der Waals surface area contributed by atoms with E-state index in [1.807, 2.05) is 12.1 Å². The Morgan fingerprint density at radius 3 is 2.64 bits per heavy atom. The second kappa shape index (κ2) is 7.58. The van der Waals surface area contributed by atoms with Crippen molar-refractivity contribution in [2.24, 2.45) is 0 Å². The summed E-state index contributed by atoms with van der Waals surface area (Å²) in [6, 6.07) is 17.6. The van der Waals surface area contributed by atoms with Crippen LogP contribution in [0, 0.1) is 0 Å². The number of ketones is 1. The van der Waals surface area contributed by atoms with Crippen molar-refractivity contribution in [2.45, 2.75) is 0 Å². The number of benzene rings is 2. The lowest BCUT2D eigenvalue weighted by Crippen LogP contribution is -2.16. The highest BCUT2D eigenvalue weighted by Gasteiger charge is 2.14. The molecule has 0 fully saturated rings. The summed E-state index contributed by atoms with van der Waals surface area (Å²) in [4.78, 5) is 27.6. The quantitative estimate of drug-likeness (QED) is 0.386. The number of rotatable bonds is 5. The summed E-state index contributed by atoms with van der Waals surface area (Å²) >= 11 is 5.87. The second-order valence-electron chi connectivity index (χ2n) is 6.09. The summed E-state index contributed by atoms with van der Waals surface area (Å²) in [5.41, 5.74) is 2.18. The Kier molecular flexibility index (Phi) is 4.83. The van der Waals surface area contributed by atoms with Gasteiger partial charge in [0.15, 0.2) is 11.5 Å². The third kappa shape index (κ3) is 3.61. The van der Waals surface area contributed by atoms with Crippen LogP contribution in [0.25, 0.3) is 23.2 Å². The SMILES string of the molecule is O=C(C=Cc1ccc(Cl)cc1)c1cccc(-n2c(-c3ccco3)c[nH]c2=O)c1. The minimum Gasteiger partial charge on any atom is -0.463 e. The Hall–Kier alpha value is -3.57. The first kappa shape index (κ1) is 17.8. The molecule has 0 aliphatic rings. The van der Waals surface area contributed by atoms with Crippen molar-refractivity contribution in [3.05, 3.63) is 106 Å². The van der Waals surface area contributed by atoms with E-state index >= 15 is 0 Å². The van der Waals surface area contributed by atoms with Gasteiger partial charge in [0.1, 0.15) is 5.69 Å². The van der Waals surface area contributed by atoms with Gasteiger partial charge in [0.05, 0.1) is 12.0 Å². The zero-order valence-electron chi connectivity index (χ0n) is 14.6. The number of imidazole rings is 1. The Bertz CT molecular complexity index is 1200. The van der Waals surface area contributed by atoms with Crippen molar-refractivity contribution in [1.29, 1.82) is 0 Å².